The van der Waals surface area contributed by atoms with Gasteiger partial charge in [0.1, 0.15) is 11.4 Å². The summed E-state index contributed by atoms with van der Waals surface area (Å²) in [6, 6.07) is 6.01. The molecule has 0 atom stereocenters. The Labute approximate surface area is 180 Å². The Bertz CT molecular complexity index is 1230. The van der Waals surface area contributed by atoms with Crippen LogP contribution >= 0.6 is 0 Å². The van der Waals surface area contributed by atoms with Crippen molar-refractivity contribution in [3.8, 4) is 17.1 Å². The zero-order chi connectivity index (χ0) is 21.2. The van der Waals surface area contributed by atoms with E-state index in [0.29, 0.717) is 11.4 Å². The van der Waals surface area contributed by atoms with Gasteiger partial charge in [-0.15, -0.1) is 0 Å². The SMILES string of the molecule is Cc1cc(-n2ccnc2)cc2[nH]c(-c3c(NCCN4CCCCC4)cc[nH]c3=O)nc12. The molecule has 1 aliphatic rings. The lowest BCUT2D eigenvalue weighted by molar-refractivity contribution is 0.237. The van der Waals surface area contributed by atoms with Crippen LogP contribution in [-0.2, 0) is 0 Å². The van der Waals surface area contributed by atoms with Crippen LogP contribution in [0.1, 0.15) is 24.8 Å². The number of likely N-dealkylation sites (tertiary alicyclic amines) is 1. The smallest absolute Gasteiger partial charge is 0.261 e. The van der Waals surface area contributed by atoms with E-state index in [4.69, 9.17) is 4.98 Å². The minimum Gasteiger partial charge on any atom is -0.383 e. The zero-order valence-corrected chi connectivity index (χ0v) is 17.7. The van der Waals surface area contributed by atoms with Crippen molar-refractivity contribution in [2.24, 2.45) is 0 Å². The lowest BCUT2D eigenvalue weighted by atomic mass is 10.1. The first kappa shape index (κ1) is 19.6. The summed E-state index contributed by atoms with van der Waals surface area (Å²) in [5, 5.41) is 3.46. The number of imidazole rings is 2. The molecular weight excluding hydrogens is 390 g/mol. The third-order valence-electron chi connectivity index (χ3n) is 5.95. The molecule has 0 radical (unpaired) electrons. The number of pyridine rings is 1. The number of fused-ring (bicyclic) bond motifs is 1. The van der Waals surface area contributed by atoms with E-state index in [9.17, 15) is 4.79 Å². The Morgan fingerprint density at radius 1 is 1.19 bits per heavy atom. The van der Waals surface area contributed by atoms with E-state index in [-0.39, 0.29) is 5.56 Å². The maximum atomic E-state index is 12.7. The Morgan fingerprint density at radius 3 is 2.87 bits per heavy atom. The summed E-state index contributed by atoms with van der Waals surface area (Å²) in [7, 11) is 0. The second kappa shape index (κ2) is 8.39. The topological polar surface area (TPSA) is 94.6 Å². The molecule has 1 fully saturated rings. The minimum atomic E-state index is -0.158. The van der Waals surface area contributed by atoms with Crippen molar-refractivity contribution >= 4 is 16.7 Å². The molecule has 0 unspecified atom stereocenters. The van der Waals surface area contributed by atoms with Gasteiger partial charge in [-0.25, -0.2) is 9.97 Å². The van der Waals surface area contributed by atoms with E-state index in [0.717, 1.165) is 54.2 Å². The van der Waals surface area contributed by atoms with Crippen molar-refractivity contribution in [2.75, 3.05) is 31.5 Å². The highest BCUT2D eigenvalue weighted by Gasteiger charge is 2.16. The van der Waals surface area contributed by atoms with Crippen LogP contribution in [0, 0.1) is 6.92 Å². The normalized spacial score (nSPS) is 14.9. The zero-order valence-electron chi connectivity index (χ0n) is 17.7. The Balaban J connectivity index is 1.45. The van der Waals surface area contributed by atoms with Gasteiger partial charge >= 0.3 is 0 Å². The number of H-pyrrole nitrogens is 2. The van der Waals surface area contributed by atoms with Gasteiger partial charge in [-0.05, 0) is 56.6 Å². The van der Waals surface area contributed by atoms with E-state index in [1.165, 1.54) is 19.3 Å². The largest absolute Gasteiger partial charge is 0.383 e. The van der Waals surface area contributed by atoms with E-state index in [1.807, 2.05) is 29.8 Å². The van der Waals surface area contributed by atoms with Crippen LogP contribution in [0.15, 0.2) is 47.9 Å². The molecule has 8 nitrogen and oxygen atoms in total. The number of hydrogen-bond donors (Lipinski definition) is 3. The van der Waals surface area contributed by atoms with Crippen LogP contribution in [0.5, 0.6) is 0 Å². The molecule has 160 valence electrons. The third kappa shape index (κ3) is 3.98. The summed E-state index contributed by atoms with van der Waals surface area (Å²) in [6.45, 7) is 6.11. The Morgan fingerprint density at radius 2 is 2.06 bits per heavy atom. The van der Waals surface area contributed by atoms with Gasteiger partial charge in [-0.3, -0.25) is 4.79 Å². The second-order valence-corrected chi connectivity index (χ2v) is 8.14. The molecular formula is C23H27N7O. The van der Waals surface area contributed by atoms with Gasteiger partial charge in [0, 0.05) is 37.4 Å². The predicted molar refractivity (Wildman–Crippen MR) is 123 cm³/mol. The molecule has 0 aliphatic carbocycles. The van der Waals surface area contributed by atoms with Gasteiger partial charge in [-0.2, -0.15) is 0 Å². The first-order valence-electron chi connectivity index (χ1n) is 10.9. The lowest BCUT2D eigenvalue weighted by Gasteiger charge is -2.26. The fourth-order valence-electron chi connectivity index (χ4n) is 4.34. The molecule has 4 aromatic rings. The van der Waals surface area contributed by atoms with E-state index in [1.54, 1.807) is 18.7 Å². The number of aryl methyl sites for hydroxylation is 1. The van der Waals surface area contributed by atoms with Gasteiger partial charge in [0.05, 0.1) is 23.0 Å². The molecule has 8 heteroatoms. The summed E-state index contributed by atoms with van der Waals surface area (Å²) in [5.41, 5.74) is 4.97. The van der Waals surface area contributed by atoms with Crippen LogP contribution in [0.25, 0.3) is 28.1 Å². The van der Waals surface area contributed by atoms with Gasteiger partial charge in [0.2, 0.25) is 0 Å². The maximum Gasteiger partial charge on any atom is 0.261 e. The molecule has 5 rings (SSSR count). The molecule has 1 aliphatic heterocycles. The first-order chi connectivity index (χ1) is 15.2. The van der Waals surface area contributed by atoms with Crippen LogP contribution in [0.3, 0.4) is 0 Å². The van der Waals surface area contributed by atoms with E-state index in [2.05, 4.69) is 31.2 Å². The molecule has 1 aromatic carbocycles. The molecule has 3 aromatic heterocycles. The molecule has 4 heterocycles. The Hall–Kier alpha value is -3.39. The number of nitrogens with one attached hydrogen (secondary N) is 3. The second-order valence-electron chi connectivity index (χ2n) is 8.14. The minimum absolute atomic E-state index is 0.158. The number of aromatic amines is 2. The van der Waals surface area contributed by atoms with Crippen LogP contribution in [-0.4, -0.2) is 55.6 Å². The number of benzene rings is 1. The van der Waals surface area contributed by atoms with Gasteiger partial charge in [0.25, 0.3) is 5.56 Å². The summed E-state index contributed by atoms with van der Waals surface area (Å²) in [4.78, 5) is 30.3. The van der Waals surface area contributed by atoms with Crippen molar-refractivity contribution in [1.29, 1.82) is 0 Å². The maximum absolute atomic E-state index is 12.7. The number of hydrogen-bond acceptors (Lipinski definition) is 5. The molecule has 31 heavy (non-hydrogen) atoms. The number of nitrogens with zero attached hydrogens (tertiary/aromatic N) is 4. The highest BCUT2D eigenvalue weighted by Crippen LogP contribution is 2.27. The standard InChI is InChI=1S/C23H27N7O/c1-16-13-17(30-12-7-24-15-30)14-19-21(16)28-22(27-19)20-18(5-6-26-23(20)31)25-8-11-29-9-3-2-4-10-29/h5-7,12-15H,2-4,8-11H2,1H3,(H,27,28)(H2,25,26,31). The van der Waals surface area contributed by atoms with E-state index >= 15 is 0 Å². The fourth-order valence-corrected chi connectivity index (χ4v) is 4.34. The Kier molecular flexibility index (Phi) is 5.30. The van der Waals surface area contributed by atoms with Gasteiger partial charge in [0.15, 0.2) is 0 Å². The van der Waals surface area contributed by atoms with Crippen molar-refractivity contribution in [3.05, 3.63) is 59.0 Å². The highest BCUT2D eigenvalue weighted by molar-refractivity contribution is 5.86. The van der Waals surface area contributed by atoms with Crippen molar-refractivity contribution in [1.82, 2.24) is 29.4 Å². The highest BCUT2D eigenvalue weighted by atomic mass is 16.1. The van der Waals surface area contributed by atoms with E-state index < -0.39 is 0 Å². The predicted octanol–water partition coefficient (Wildman–Crippen LogP) is 3.31. The quantitative estimate of drug-likeness (QED) is 0.447. The van der Waals surface area contributed by atoms with Crippen molar-refractivity contribution in [2.45, 2.75) is 26.2 Å². The van der Waals surface area contributed by atoms with Crippen LogP contribution in [0.4, 0.5) is 5.69 Å². The summed E-state index contributed by atoms with van der Waals surface area (Å²) >= 11 is 0. The van der Waals surface area contributed by atoms with Crippen LogP contribution < -0.4 is 10.9 Å². The number of rotatable bonds is 6. The molecule has 0 amide bonds. The first-order valence-corrected chi connectivity index (χ1v) is 10.9. The monoisotopic (exact) mass is 417 g/mol. The van der Waals surface area contributed by atoms with Crippen molar-refractivity contribution < 1.29 is 0 Å². The lowest BCUT2D eigenvalue weighted by Crippen LogP contribution is -2.33. The summed E-state index contributed by atoms with van der Waals surface area (Å²) in [6.07, 6.45) is 11.0. The molecule has 0 saturated carbocycles. The summed E-state index contributed by atoms with van der Waals surface area (Å²) in [5.74, 6) is 0.572. The van der Waals surface area contributed by atoms with Crippen LogP contribution in [0.2, 0.25) is 0 Å². The van der Waals surface area contributed by atoms with Crippen molar-refractivity contribution in [3.63, 3.8) is 0 Å². The average Bonchev–Trinajstić information content (AvgIpc) is 3.45. The molecule has 3 N–H and O–H groups in total. The average molecular weight is 418 g/mol. The number of piperidine rings is 1. The molecule has 0 bridgehead atoms. The fraction of sp³-hybridized carbons (Fsp3) is 0.348. The van der Waals surface area contributed by atoms with Gasteiger partial charge < -0.3 is 24.8 Å². The number of aromatic nitrogens is 5. The third-order valence-corrected chi connectivity index (χ3v) is 5.95. The van der Waals surface area contributed by atoms with Gasteiger partial charge in [-0.1, -0.05) is 6.42 Å². The molecule has 1 saturated heterocycles. The number of anilines is 1. The summed E-state index contributed by atoms with van der Waals surface area (Å²) < 4.78 is 1.95. The molecule has 0 spiro atoms.